The predicted molar refractivity (Wildman–Crippen MR) is 72.6 cm³/mol. The average Bonchev–Trinajstić information content (AvgIpc) is 2.33. The maximum atomic E-state index is 12.4. The van der Waals surface area contributed by atoms with Crippen molar-refractivity contribution in [3.63, 3.8) is 0 Å². The number of amides is 2. The Kier molecular flexibility index (Phi) is 5.22. The van der Waals surface area contributed by atoms with E-state index in [1.165, 1.54) is 24.1 Å². The van der Waals surface area contributed by atoms with Crippen LogP contribution in [0.1, 0.15) is 25.0 Å². The number of aliphatic hydroxyl groups is 1. The third-order valence-electron chi connectivity index (χ3n) is 2.70. The Morgan fingerprint density at radius 2 is 1.76 bits per heavy atom. The van der Waals surface area contributed by atoms with Crippen molar-refractivity contribution in [2.75, 3.05) is 13.6 Å². The Labute approximate surface area is 121 Å². The summed E-state index contributed by atoms with van der Waals surface area (Å²) >= 11 is 0. The maximum absolute atomic E-state index is 12.4. The zero-order valence-electron chi connectivity index (χ0n) is 12.2. The van der Waals surface area contributed by atoms with Gasteiger partial charge in [-0.25, -0.2) is 4.79 Å². The molecule has 0 unspecified atom stereocenters. The number of likely N-dealkylation sites (N-methyl/N-ethyl adjacent to an activating group) is 1. The Hall–Kier alpha value is -1.76. The minimum absolute atomic E-state index is 0.118. The molecule has 0 radical (unpaired) electrons. The Bertz CT molecular complexity index is 478. The van der Waals surface area contributed by atoms with Gasteiger partial charge in [0, 0.05) is 13.6 Å². The monoisotopic (exact) mass is 304 g/mol. The van der Waals surface area contributed by atoms with Gasteiger partial charge in [-0.15, -0.1) is 0 Å². The number of hydrogen-bond acceptors (Lipinski definition) is 2. The largest absolute Gasteiger partial charge is 0.416 e. The second kappa shape index (κ2) is 6.34. The van der Waals surface area contributed by atoms with Crippen molar-refractivity contribution in [1.82, 2.24) is 10.2 Å². The highest BCUT2D eigenvalue weighted by atomic mass is 19.4. The Balaban J connectivity index is 2.54. The van der Waals surface area contributed by atoms with Crippen molar-refractivity contribution in [2.24, 2.45) is 0 Å². The summed E-state index contributed by atoms with van der Waals surface area (Å²) in [6.45, 7) is 3.41. The summed E-state index contributed by atoms with van der Waals surface area (Å²) in [6, 6.07) is 4.18. The van der Waals surface area contributed by atoms with Gasteiger partial charge in [-0.3, -0.25) is 0 Å². The van der Waals surface area contributed by atoms with Crippen molar-refractivity contribution in [1.29, 1.82) is 0 Å². The lowest BCUT2D eigenvalue weighted by atomic mass is 10.1. The first-order valence-electron chi connectivity index (χ1n) is 6.36. The summed E-state index contributed by atoms with van der Waals surface area (Å²) < 4.78 is 37.2. The standard InChI is InChI=1S/C14H19F3N2O2/c1-13(2,21)9-19(3)12(20)18-8-10-4-6-11(7-5-10)14(15,16)17/h4-7,21H,8-9H2,1-3H3,(H,18,20). The number of benzene rings is 1. The SMILES string of the molecule is CN(CC(C)(C)O)C(=O)NCc1ccc(C(F)(F)F)cc1. The molecule has 0 saturated heterocycles. The van der Waals surface area contributed by atoms with Crippen molar-refractivity contribution >= 4 is 6.03 Å². The molecule has 2 N–H and O–H groups in total. The highest BCUT2D eigenvalue weighted by Crippen LogP contribution is 2.29. The number of alkyl halides is 3. The molecule has 0 aliphatic heterocycles. The number of hydrogen-bond donors (Lipinski definition) is 2. The molecule has 0 heterocycles. The Morgan fingerprint density at radius 3 is 2.19 bits per heavy atom. The fraction of sp³-hybridized carbons (Fsp3) is 0.500. The summed E-state index contributed by atoms with van der Waals surface area (Å²) in [5, 5.41) is 12.2. The lowest BCUT2D eigenvalue weighted by molar-refractivity contribution is -0.137. The normalized spacial score (nSPS) is 12.1. The van der Waals surface area contributed by atoms with Crippen LogP contribution in [-0.4, -0.2) is 35.2 Å². The fourth-order valence-electron chi connectivity index (χ4n) is 1.78. The van der Waals surface area contributed by atoms with Gasteiger partial charge in [-0.2, -0.15) is 13.2 Å². The molecule has 7 heteroatoms. The van der Waals surface area contributed by atoms with Gasteiger partial charge in [0.1, 0.15) is 0 Å². The van der Waals surface area contributed by atoms with E-state index in [0.717, 1.165) is 12.1 Å². The second-order valence-electron chi connectivity index (χ2n) is 5.52. The molecule has 0 saturated carbocycles. The van der Waals surface area contributed by atoms with Gasteiger partial charge in [0.2, 0.25) is 0 Å². The van der Waals surface area contributed by atoms with Crippen LogP contribution in [0.5, 0.6) is 0 Å². The van der Waals surface area contributed by atoms with Gasteiger partial charge in [-0.05, 0) is 31.5 Å². The molecule has 1 rings (SSSR count). The summed E-state index contributed by atoms with van der Waals surface area (Å²) in [5.74, 6) is 0. The van der Waals surface area contributed by atoms with Gasteiger partial charge in [0.25, 0.3) is 0 Å². The molecule has 0 spiro atoms. The van der Waals surface area contributed by atoms with Crippen molar-refractivity contribution < 1.29 is 23.1 Å². The summed E-state index contributed by atoms with van der Waals surface area (Å²) in [7, 11) is 1.53. The van der Waals surface area contributed by atoms with Crippen LogP contribution in [0.3, 0.4) is 0 Å². The topological polar surface area (TPSA) is 52.6 Å². The van der Waals surface area contributed by atoms with E-state index in [1.807, 2.05) is 0 Å². The molecule has 21 heavy (non-hydrogen) atoms. The number of carbonyl (C=O) groups excluding carboxylic acids is 1. The van der Waals surface area contributed by atoms with E-state index in [-0.39, 0.29) is 13.1 Å². The third-order valence-corrected chi connectivity index (χ3v) is 2.70. The van der Waals surface area contributed by atoms with Crippen LogP contribution in [0.15, 0.2) is 24.3 Å². The minimum atomic E-state index is -4.37. The zero-order valence-corrected chi connectivity index (χ0v) is 12.2. The summed E-state index contributed by atoms with van der Waals surface area (Å²) in [4.78, 5) is 13.1. The molecule has 0 bridgehead atoms. The van der Waals surface area contributed by atoms with Crippen molar-refractivity contribution in [3.8, 4) is 0 Å². The number of carbonyl (C=O) groups is 1. The first-order chi connectivity index (χ1) is 9.49. The molecular weight excluding hydrogens is 285 g/mol. The van der Waals surface area contributed by atoms with E-state index < -0.39 is 23.4 Å². The van der Waals surface area contributed by atoms with Gasteiger partial charge < -0.3 is 15.3 Å². The molecule has 118 valence electrons. The molecule has 1 aromatic rings. The number of nitrogens with zero attached hydrogens (tertiary/aromatic N) is 1. The van der Waals surface area contributed by atoms with Crippen LogP contribution < -0.4 is 5.32 Å². The van der Waals surface area contributed by atoms with E-state index in [9.17, 15) is 23.1 Å². The van der Waals surface area contributed by atoms with Gasteiger partial charge >= 0.3 is 12.2 Å². The second-order valence-corrected chi connectivity index (χ2v) is 5.52. The molecule has 0 aromatic heterocycles. The van der Waals surface area contributed by atoms with E-state index in [0.29, 0.717) is 5.56 Å². The molecular formula is C14H19F3N2O2. The fourth-order valence-corrected chi connectivity index (χ4v) is 1.78. The van der Waals surface area contributed by atoms with E-state index in [4.69, 9.17) is 0 Å². The summed E-state index contributed by atoms with van der Waals surface area (Å²) in [5.41, 5.74) is -1.18. The molecule has 4 nitrogen and oxygen atoms in total. The smallest absolute Gasteiger partial charge is 0.389 e. The van der Waals surface area contributed by atoms with Crippen LogP contribution in [0.2, 0.25) is 0 Å². The van der Waals surface area contributed by atoms with Crippen LogP contribution >= 0.6 is 0 Å². The van der Waals surface area contributed by atoms with E-state index in [2.05, 4.69) is 5.32 Å². The number of rotatable bonds is 4. The number of halogens is 3. The number of nitrogens with one attached hydrogen (secondary N) is 1. The first-order valence-corrected chi connectivity index (χ1v) is 6.36. The quantitative estimate of drug-likeness (QED) is 0.898. The third kappa shape index (κ3) is 6.03. The van der Waals surface area contributed by atoms with Crippen LogP contribution in [0.25, 0.3) is 0 Å². The minimum Gasteiger partial charge on any atom is -0.389 e. The highest BCUT2D eigenvalue weighted by Gasteiger charge is 2.29. The predicted octanol–water partition coefficient (Wildman–Crippen LogP) is 2.62. The Morgan fingerprint density at radius 1 is 1.24 bits per heavy atom. The van der Waals surface area contributed by atoms with Gasteiger partial charge in [0.15, 0.2) is 0 Å². The zero-order chi connectivity index (χ0) is 16.3. The summed E-state index contributed by atoms with van der Waals surface area (Å²) in [6.07, 6.45) is -4.37. The van der Waals surface area contributed by atoms with Crippen molar-refractivity contribution in [2.45, 2.75) is 32.2 Å². The van der Waals surface area contributed by atoms with Crippen LogP contribution in [-0.2, 0) is 12.7 Å². The van der Waals surface area contributed by atoms with Gasteiger partial charge in [0.05, 0.1) is 17.7 Å². The molecule has 0 atom stereocenters. The maximum Gasteiger partial charge on any atom is 0.416 e. The number of urea groups is 1. The molecule has 0 fully saturated rings. The van der Waals surface area contributed by atoms with Crippen LogP contribution in [0.4, 0.5) is 18.0 Å². The molecule has 2 amide bonds. The van der Waals surface area contributed by atoms with E-state index >= 15 is 0 Å². The molecule has 0 aliphatic carbocycles. The first kappa shape index (κ1) is 17.3. The molecule has 0 aliphatic rings. The van der Waals surface area contributed by atoms with E-state index in [1.54, 1.807) is 13.8 Å². The average molecular weight is 304 g/mol. The van der Waals surface area contributed by atoms with Gasteiger partial charge in [-0.1, -0.05) is 12.1 Å². The lowest BCUT2D eigenvalue weighted by Crippen LogP contribution is -2.44. The van der Waals surface area contributed by atoms with Crippen molar-refractivity contribution in [3.05, 3.63) is 35.4 Å². The highest BCUT2D eigenvalue weighted by molar-refractivity contribution is 5.73. The molecule has 1 aromatic carbocycles. The van der Waals surface area contributed by atoms with Crippen LogP contribution in [0, 0.1) is 0 Å². The lowest BCUT2D eigenvalue weighted by Gasteiger charge is -2.25.